The second kappa shape index (κ2) is 7.83. The van der Waals surface area contributed by atoms with Crippen molar-refractivity contribution < 1.29 is 14.3 Å². The number of hydrogen-bond acceptors (Lipinski definition) is 4. The molecule has 2 rings (SSSR count). The van der Waals surface area contributed by atoms with E-state index in [0.29, 0.717) is 23.7 Å². The molecule has 1 amide bonds. The molecule has 0 saturated heterocycles. The molecule has 0 bridgehead atoms. The van der Waals surface area contributed by atoms with Crippen molar-refractivity contribution in [3.05, 3.63) is 59.7 Å². The van der Waals surface area contributed by atoms with Gasteiger partial charge in [0.15, 0.2) is 11.5 Å². The van der Waals surface area contributed by atoms with Gasteiger partial charge in [-0.15, -0.1) is 0 Å². The molecule has 0 spiro atoms. The first-order valence-electron chi connectivity index (χ1n) is 6.94. The van der Waals surface area contributed by atoms with Gasteiger partial charge in [-0.2, -0.15) is 5.10 Å². The second-order valence-corrected chi connectivity index (χ2v) is 4.41. The zero-order valence-corrected chi connectivity index (χ0v) is 12.6. The van der Waals surface area contributed by atoms with E-state index in [2.05, 4.69) is 10.5 Å². The van der Waals surface area contributed by atoms with Crippen LogP contribution in [0, 0.1) is 0 Å². The smallest absolute Gasteiger partial charge is 0.271 e. The van der Waals surface area contributed by atoms with Crippen LogP contribution in [0.25, 0.3) is 0 Å². The summed E-state index contributed by atoms with van der Waals surface area (Å²) in [5.74, 6) is 1.05. The lowest BCUT2D eigenvalue weighted by Crippen LogP contribution is -2.17. The Morgan fingerprint density at radius 1 is 1.18 bits per heavy atom. The summed E-state index contributed by atoms with van der Waals surface area (Å²) in [7, 11) is 1.59. The van der Waals surface area contributed by atoms with Gasteiger partial charge in [0.2, 0.25) is 0 Å². The van der Waals surface area contributed by atoms with E-state index in [1.165, 1.54) is 0 Å². The number of benzene rings is 2. The molecule has 0 fully saturated rings. The van der Waals surface area contributed by atoms with Crippen molar-refractivity contribution >= 4 is 12.1 Å². The van der Waals surface area contributed by atoms with E-state index in [0.717, 1.165) is 5.56 Å². The highest BCUT2D eigenvalue weighted by Crippen LogP contribution is 2.27. The molecule has 0 radical (unpaired) electrons. The van der Waals surface area contributed by atoms with E-state index in [-0.39, 0.29) is 5.91 Å². The predicted molar refractivity (Wildman–Crippen MR) is 85.7 cm³/mol. The van der Waals surface area contributed by atoms with E-state index in [1.54, 1.807) is 49.7 Å². The summed E-state index contributed by atoms with van der Waals surface area (Å²) in [6, 6.07) is 14.3. The third-order valence-electron chi connectivity index (χ3n) is 2.90. The van der Waals surface area contributed by atoms with Gasteiger partial charge in [0.05, 0.1) is 19.9 Å². The quantitative estimate of drug-likeness (QED) is 0.659. The molecule has 0 aliphatic rings. The number of carbonyl (C=O) groups is 1. The van der Waals surface area contributed by atoms with E-state index >= 15 is 0 Å². The zero-order valence-electron chi connectivity index (χ0n) is 12.6. The van der Waals surface area contributed by atoms with Gasteiger partial charge in [-0.1, -0.05) is 18.2 Å². The number of hydrazone groups is 1. The first-order valence-corrected chi connectivity index (χ1v) is 6.94. The number of rotatable bonds is 6. The Hall–Kier alpha value is -2.82. The lowest BCUT2D eigenvalue weighted by atomic mass is 10.2. The number of hydrogen-bond donors (Lipinski definition) is 1. The van der Waals surface area contributed by atoms with Crippen molar-refractivity contribution in [2.45, 2.75) is 6.92 Å². The van der Waals surface area contributed by atoms with Gasteiger partial charge in [0.1, 0.15) is 0 Å². The van der Waals surface area contributed by atoms with Gasteiger partial charge >= 0.3 is 0 Å². The van der Waals surface area contributed by atoms with Crippen molar-refractivity contribution in [2.75, 3.05) is 13.7 Å². The molecule has 5 nitrogen and oxygen atoms in total. The number of nitrogens with zero attached hydrogens (tertiary/aromatic N) is 1. The van der Waals surface area contributed by atoms with Gasteiger partial charge in [-0.25, -0.2) is 5.43 Å². The van der Waals surface area contributed by atoms with Crippen LogP contribution < -0.4 is 14.9 Å². The molecule has 5 heteroatoms. The Kier molecular flexibility index (Phi) is 5.54. The predicted octanol–water partition coefficient (Wildman–Crippen LogP) is 2.86. The van der Waals surface area contributed by atoms with Crippen LogP contribution >= 0.6 is 0 Å². The van der Waals surface area contributed by atoms with E-state index in [1.807, 2.05) is 19.1 Å². The molecule has 0 saturated carbocycles. The minimum atomic E-state index is -0.254. The minimum absolute atomic E-state index is 0.254. The van der Waals surface area contributed by atoms with Crippen LogP contribution in [-0.2, 0) is 0 Å². The van der Waals surface area contributed by atoms with Crippen LogP contribution in [0.1, 0.15) is 22.8 Å². The fourth-order valence-electron chi connectivity index (χ4n) is 1.86. The molecule has 0 heterocycles. The average Bonchev–Trinajstić information content (AvgIpc) is 2.56. The first kappa shape index (κ1) is 15.6. The molecule has 2 aromatic rings. The summed E-state index contributed by atoms with van der Waals surface area (Å²) < 4.78 is 10.7. The van der Waals surface area contributed by atoms with Crippen LogP contribution in [0.5, 0.6) is 11.5 Å². The van der Waals surface area contributed by atoms with Crippen LogP contribution in [0.3, 0.4) is 0 Å². The van der Waals surface area contributed by atoms with Crippen LogP contribution in [0.4, 0.5) is 0 Å². The topological polar surface area (TPSA) is 59.9 Å². The molecule has 22 heavy (non-hydrogen) atoms. The molecule has 1 N–H and O–H groups in total. The molecule has 0 aromatic heterocycles. The van der Waals surface area contributed by atoms with Crippen LogP contribution in [-0.4, -0.2) is 25.8 Å². The summed E-state index contributed by atoms with van der Waals surface area (Å²) in [6.45, 7) is 2.45. The lowest BCUT2D eigenvalue weighted by molar-refractivity contribution is 0.0955. The fraction of sp³-hybridized carbons (Fsp3) is 0.176. The summed E-state index contributed by atoms with van der Waals surface area (Å²) >= 11 is 0. The Morgan fingerprint density at radius 3 is 2.64 bits per heavy atom. The fourth-order valence-corrected chi connectivity index (χ4v) is 1.86. The maximum absolute atomic E-state index is 11.8. The highest BCUT2D eigenvalue weighted by Gasteiger charge is 2.05. The monoisotopic (exact) mass is 298 g/mol. The third-order valence-corrected chi connectivity index (χ3v) is 2.90. The summed E-state index contributed by atoms with van der Waals surface area (Å²) in [6.07, 6.45) is 1.56. The number of methoxy groups -OCH3 is 1. The molecule has 0 atom stereocenters. The maximum Gasteiger partial charge on any atom is 0.271 e. The van der Waals surface area contributed by atoms with Crippen molar-refractivity contribution in [3.63, 3.8) is 0 Å². The van der Waals surface area contributed by atoms with Gasteiger partial charge in [0.25, 0.3) is 5.91 Å². The number of amides is 1. The Bertz CT molecular complexity index is 654. The highest BCUT2D eigenvalue weighted by atomic mass is 16.5. The van der Waals surface area contributed by atoms with Crippen molar-refractivity contribution in [1.82, 2.24) is 5.43 Å². The summed E-state index contributed by atoms with van der Waals surface area (Å²) in [5.41, 5.74) is 3.85. The molecule has 114 valence electrons. The van der Waals surface area contributed by atoms with Crippen LogP contribution in [0.2, 0.25) is 0 Å². The van der Waals surface area contributed by atoms with Crippen LogP contribution in [0.15, 0.2) is 53.6 Å². The van der Waals surface area contributed by atoms with E-state index < -0.39 is 0 Å². The number of ether oxygens (including phenoxy) is 2. The second-order valence-electron chi connectivity index (χ2n) is 4.41. The zero-order chi connectivity index (χ0) is 15.8. The largest absolute Gasteiger partial charge is 0.493 e. The SMILES string of the molecule is CCOc1cc(C=NNC(=O)c2ccccc2)ccc1OC. The molecule has 0 aliphatic carbocycles. The highest BCUT2D eigenvalue weighted by molar-refractivity contribution is 5.94. The Morgan fingerprint density at radius 2 is 1.95 bits per heavy atom. The van der Waals surface area contributed by atoms with Gasteiger partial charge < -0.3 is 9.47 Å². The van der Waals surface area contributed by atoms with Crippen molar-refractivity contribution in [2.24, 2.45) is 5.10 Å². The molecular formula is C17H18N2O3. The van der Waals surface area contributed by atoms with Gasteiger partial charge in [-0.05, 0) is 42.8 Å². The first-order chi connectivity index (χ1) is 10.7. The average molecular weight is 298 g/mol. The third kappa shape index (κ3) is 4.09. The van der Waals surface area contributed by atoms with E-state index in [4.69, 9.17) is 9.47 Å². The Labute approximate surface area is 129 Å². The molecule has 0 unspecified atom stereocenters. The molecule has 0 aliphatic heterocycles. The summed E-state index contributed by atoms with van der Waals surface area (Å²) in [4.78, 5) is 11.8. The number of carbonyl (C=O) groups excluding carboxylic acids is 1. The summed E-state index contributed by atoms with van der Waals surface area (Å²) in [5, 5.41) is 3.95. The molecular weight excluding hydrogens is 280 g/mol. The standard InChI is InChI=1S/C17H18N2O3/c1-3-22-16-11-13(9-10-15(16)21-2)12-18-19-17(20)14-7-5-4-6-8-14/h4-12H,3H2,1-2H3,(H,19,20). The minimum Gasteiger partial charge on any atom is -0.493 e. The maximum atomic E-state index is 11.8. The van der Waals surface area contributed by atoms with Crippen molar-refractivity contribution in [3.8, 4) is 11.5 Å². The molecule has 2 aromatic carbocycles. The number of nitrogens with one attached hydrogen (secondary N) is 1. The van der Waals surface area contributed by atoms with E-state index in [9.17, 15) is 4.79 Å². The van der Waals surface area contributed by atoms with Gasteiger partial charge in [-0.3, -0.25) is 4.79 Å². The lowest BCUT2D eigenvalue weighted by Gasteiger charge is -2.09. The van der Waals surface area contributed by atoms with Crippen molar-refractivity contribution in [1.29, 1.82) is 0 Å². The Balaban J connectivity index is 2.04. The normalized spacial score (nSPS) is 10.5. The van der Waals surface area contributed by atoms with Gasteiger partial charge in [0, 0.05) is 5.56 Å².